The van der Waals surface area contributed by atoms with Gasteiger partial charge in [-0.15, -0.1) is 0 Å². The van der Waals surface area contributed by atoms with Gasteiger partial charge in [-0.05, 0) is 39.3 Å². The zero-order valence-electron chi connectivity index (χ0n) is 13.5. The maximum Gasteiger partial charge on any atom is 0.323 e. The molecule has 3 aromatic rings. The SMILES string of the molecule is O=C(O)CN1C(=O)/C(=C\c2c3ccccc3cc3ccccc23)SC1=S. The summed E-state index contributed by atoms with van der Waals surface area (Å²) >= 11 is 6.33. The second-order valence-corrected chi connectivity index (χ2v) is 7.57. The van der Waals surface area contributed by atoms with Crippen LogP contribution >= 0.6 is 24.0 Å². The van der Waals surface area contributed by atoms with Crippen LogP contribution in [0.25, 0.3) is 27.6 Å². The number of carbonyl (C=O) groups excluding carboxylic acids is 1. The smallest absolute Gasteiger partial charge is 0.323 e. The van der Waals surface area contributed by atoms with Crippen molar-refractivity contribution in [2.24, 2.45) is 0 Å². The summed E-state index contributed by atoms with van der Waals surface area (Å²) in [5, 5.41) is 13.2. The Morgan fingerprint density at radius 2 is 1.65 bits per heavy atom. The van der Waals surface area contributed by atoms with E-state index in [-0.39, 0.29) is 10.2 Å². The molecule has 1 amide bonds. The van der Waals surface area contributed by atoms with Crippen LogP contribution in [0.2, 0.25) is 0 Å². The summed E-state index contributed by atoms with van der Waals surface area (Å²) < 4.78 is 0.271. The maximum atomic E-state index is 12.6. The number of fused-ring (bicyclic) bond motifs is 2. The van der Waals surface area contributed by atoms with Crippen molar-refractivity contribution in [1.82, 2.24) is 4.90 Å². The van der Waals surface area contributed by atoms with E-state index in [1.807, 2.05) is 54.6 Å². The molecule has 1 heterocycles. The van der Waals surface area contributed by atoms with Crippen molar-refractivity contribution < 1.29 is 14.7 Å². The summed E-state index contributed by atoms with van der Waals surface area (Å²) in [5.74, 6) is -1.45. The average molecular weight is 379 g/mol. The zero-order chi connectivity index (χ0) is 18.3. The summed E-state index contributed by atoms with van der Waals surface area (Å²) in [5.41, 5.74) is 0.939. The highest BCUT2D eigenvalue weighted by Gasteiger charge is 2.33. The summed E-state index contributed by atoms with van der Waals surface area (Å²) in [7, 11) is 0. The van der Waals surface area contributed by atoms with Crippen molar-refractivity contribution in [3.8, 4) is 0 Å². The van der Waals surface area contributed by atoms with Gasteiger partial charge in [0.05, 0.1) is 4.91 Å². The topological polar surface area (TPSA) is 57.6 Å². The predicted molar refractivity (Wildman–Crippen MR) is 109 cm³/mol. The van der Waals surface area contributed by atoms with Gasteiger partial charge in [0.1, 0.15) is 10.9 Å². The first-order valence-electron chi connectivity index (χ1n) is 7.92. The van der Waals surface area contributed by atoms with Gasteiger partial charge in [0.15, 0.2) is 0 Å². The molecule has 26 heavy (non-hydrogen) atoms. The Morgan fingerprint density at radius 3 is 2.23 bits per heavy atom. The molecule has 0 saturated carbocycles. The first-order valence-corrected chi connectivity index (χ1v) is 9.15. The van der Waals surface area contributed by atoms with E-state index in [1.54, 1.807) is 0 Å². The molecule has 1 fully saturated rings. The minimum atomic E-state index is -1.09. The van der Waals surface area contributed by atoms with Gasteiger partial charge in [0, 0.05) is 0 Å². The van der Waals surface area contributed by atoms with Crippen LogP contribution in [-0.4, -0.2) is 32.7 Å². The lowest BCUT2D eigenvalue weighted by Gasteiger charge is -2.11. The number of aliphatic carboxylic acids is 1. The number of amides is 1. The van der Waals surface area contributed by atoms with E-state index < -0.39 is 12.5 Å². The molecule has 0 aliphatic carbocycles. The number of rotatable bonds is 3. The van der Waals surface area contributed by atoms with Crippen LogP contribution in [0.5, 0.6) is 0 Å². The Balaban J connectivity index is 1.91. The molecule has 0 bridgehead atoms. The molecule has 1 saturated heterocycles. The average Bonchev–Trinajstić information content (AvgIpc) is 2.88. The molecule has 4 nitrogen and oxygen atoms in total. The maximum absolute atomic E-state index is 12.6. The van der Waals surface area contributed by atoms with E-state index in [9.17, 15) is 9.59 Å². The quantitative estimate of drug-likeness (QED) is 0.418. The third-order valence-corrected chi connectivity index (χ3v) is 5.63. The van der Waals surface area contributed by atoms with Crippen LogP contribution < -0.4 is 0 Å². The fourth-order valence-electron chi connectivity index (χ4n) is 3.11. The molecule has 0 spiro atoms. The van der Waals surface area contributed by atoms with Crippen molar-refractivity contribution in [2.45, 2.75) is 0 Å². The van der Waals surface area contributed by atoms with Gasteiger partial charge in [-0.1, -0.05) is 72.5 Å². The van der Waals surface area contributed by atoms with Crippen molar-refractivity contribution in [3.05, 3.63) is 65.1 Å². The Morgan fingerprint density at radius 1 is 1.08 bits per heavy atom. The van der Waals surface area contributed by atoms with Gasteiger partial charge in [0.25, 0.3) is 5.91 Å². The molecule has 0 unspecified atom stereocenters. The largest absolute Gasteiger partial charge is 0.480 e. The summed E-state index contributed by atoms with van der Waals surface area (Å²) in [6.07, 6.45) is 1.83. The predicted octanol–water partition coefficient (Wildman–Crippen LogP) is 4.28. The first kappa shape index (κ1) is 16.8. The van der Waals surface area contributed by atoms with Crippen LogP contribution in [0.3, 0.4) is 0 Å². The fourth-order valence-corrected chi connectivity index (χ4v) is 4.34. The Kier molecular flexibility index (Phi) is 4.22. The summed E-state index contributed by atoms with van der Waals surface area (Å²) in [6, 6.07) is 18.1. The molecule has 0 aromatic heterocycles. The van der Waals surface area contributed by atoms with E-state index in [1.165, 1.54) is 0 Å². The lowest BCUT2D eigenvalue weighted by atomic mass is 9.96. The van der Waals surface area contributed by atoms with E-state index in [2.05, 4.69) is 6.07 Å². The van der Waals surface area contributed by atoms with Crippen LogP contribution in [-0.2, 0) is 9.59 Å². The zero-order valence-corrected chi connectivity index (χ0v) is 15.1. The van der Waals surface area contributed by atoms with Crippen molar-refractivity contribution in [1.29, 1.82) is 0 Å². The van der Waals surface area contributed by atoms with Gasteiger partial charge in [-0.2, -0.15) is 0 Å². The molecule has 1 aliphatic heterocycles. The van der Waals surface area contributed by atoms with E-state index in [0.717, 1.165) is 43.8 Å². The molecular formula is C20H13NO3S2. The minimum absolute atomic E-state index is 0.271. The second-order valence-electron chi connectivity index (χ2n) is 5.89. The number of thioether (sulfide) groups is 1. The highest BCUT2D eigenvalue weighted by atomic mass is 32.2. The third kappa shape index (κ3) is 2.87. The lowest BCUT2D eigenvalue weighted by molar-refractivity contribution is -0.140. The van der Waals surface area contributed by atoms with Crippen LogP contribution in [0.4, 0.5) is 0 Å². The third-order valence-electron chi connectivity index (χ3n) is 4.26. The molecule has 0 atom stereocenters. The number of carboxylic acid groups (broad SMARTS) is 1. The molecule has 6 heteroatoms. The molecule has 1 N–H and O–H groups in total. The fraction of sp³-hybridized carbons (Fsp3) is 0.0500. The molecule has 3 aromatic carbocycles. The minimum Gasteiger partial charge on any atom is -0.480 e. The van der Waals surface area contributed by atoms with Crippen molar-refractivity contribution in [2.75, 3.05) is 6.54 Å². The molecule has 4 rings (SSSR count). The number of hydrogen-bond acceptors (Lipinski definition) is 4. The van der Waals surface area contributed by atoms with E-state index >= 15 is 0 Å². The van der Waals surface area contributed by atoms with Gasteiger partial charge in [-0.25, -0.2) is 0 Å². The molecule has 128 valence electrons. The van der Waals surface area contributed by atoms with Crippen molar-refractivity contribution >= 4 is 67.8 Å². The van der Waals surface area contributed by atoms with Gasteiger partial charge in [-0.3, -0.25) is 14.5 Å². The standard InChI is InChI=1S/C20H13NO3S2/c22-18(23)11-21-19(24)17(26-20(21)25)10-16-14-7-3-1-5-12(14)9-13-6-2-4-8-15(13)16/h1-10H,11H2,(H,22,23)/b17-10+. The van der Waals surface area contributed by atoms with Crippen LogP contribution in [0, 0.1) is 0 Å². The number of carbonyl (C=O) groups is 2. The monoisotopic (exact) mass is 379 g/mol. The Labute approximate surface area is 159 Å². The van der Waals surface area contributed by atoms with Crippen LogP contribution in [0.1, 0.15) is 5.56 Å². The second kappa shape index (κ2) is 6.55. The van der Waals surface area contributed by atoms with Gasteiger partial charge < -0.3 is 5.11 Å². The van der Waals surface area contributed by atoms with E-state index in [0.29, 0.717) is 4.91 Å². The Hall–Kier alpha value is -2.70. The first-order chi connectivity index (χ1) is 12.5. The number of benzene rings is 3. The molecule has 1 aliphatic rings. The van der Waals surface area contributed by atoms with Gasteiger partial charge >= 0.3 is 5.97 Å². The summed E-state index contributed by atoms with van der Waals surface area (Å²) in [6.45, 7) is -0.418. The number of hydrogen-bond donors (Lipinski definition) is 1. The molecular weight excluding hydrogens is 366 g/mol. The summed E-state index contributed by atoms with van der Waals surface area (Å²) in [4.78, 5) is 25.2. The molecule has 0 radical (unpaired) electrons. The van der Waals surface area contributed by atoms with Gasteiger partial charge in [0.2, 0.25) is 0 Å². The van der Waals surface area contributed by atoms with Crippen LogP contribution in [0.15, 0.2) is 59.5 Å². The van der Waals surface area contributed by atoms with E-state index in [4.69, 9.17) is 17.3 Å². The highest BCUT2D eigenvalue weighted by molar-refractivity contribution is 8.26. The normalized spacial score (nSPS) is 16.2. The number of nitrogens with zero attached hydrogens (tertiary/aromatic N) is 1. The number of carboxylic acids is 1. The highest BCUT2D eigenvalue weighted by Crippen LogP contribution is 2.36. The number of thiocarbonyl (C=S) groups is 1. The Bertz CT molecular complexity index is 1070. The van der Waals surface area contributed by atoms with Crippen molar-refractivity contribution in [3.63, 3.8) is 0 Å². The lowest BCUT2D eigenvalue weighted by Crippen LogP contribution is -2.33.